The molecule has 0 amide bonds. The largest absolute Gasteiger partial charge is 0.293 e. The molecule has 0 saturated carbocycles. The fraction of sp³-hybridized carbons (Fsp3) is 0.625. The number of hydrogen-bond donors (Lipinski definition) is 0. The minimum absolute atomic E-state index is 0.0709. The summed E-state index contributed by atoms with van der Waals surface area (Å²) < 4.78 is 25.8. The molecule has 5 nitrogen and oxygen atoms in total. The van der Waals surface area contributed by atoms with E-state index < -0.39 is 9.84 Å². The van der Waals surface area contributed by atoms with E-state index in [0.29, 0.717) is 11.3 Å². The second kappa shape index (κ2) is 5.32. The first kappa shape index (κ1) is 12.3. The molecule has 0 aliphatic carbocycles. The lowest BCUT2D eigenvalue weighted by atomic mass is 10.2. The van der Waals surface area contributed by atoms with Crippen LogP contribution in [0.25, 0.3) is 0 Å². The molecule has 7 heteroatoms. The van der Waals surface area contributed by atoms with E-state index in [1.165, 1.54) is 6.20 Å². The molecule has 1 rings (SSSR count). The second-order valence-corrected chi connectivity index (χ2v) is 6.30. The lowest BCUT2D eigenvalue weighted by molar-refractivity contribution is 0.0985. The van der Waals surface area contributed by atoms with Gasteiger partial charge in [-0.1, -0.05) is 11.4 Å². The third kappa shape index (κ3) is 4.05. The molecule has 84 valence electrons. The van der Waals surface area contributed by atoms with Crippen molar-refractivity contribution in [2.24, 2.45) is 0 Å². The van der Waals surface area contributed by atoms with Crippen molar-refractivity contribution in [3.05, 3.63) is 11.1 Å². The third-order valence-electron chi connectivity index (χ3n) is 1.94. The van der Waals surface area contributed by atoms with Gasteiger partial charge in [0.2, 0.25) is 0 Å². The molecule has 15 heavy (non-hydrogen) atoms. The van der Waals surface area contributed by atoms with Crippen molar-refractivity contribution >= 4 is 27.2 Å². The Bertz CT molecular complexity index is 411. The Balaban J connectivity index is 2.36. The van der Waals surface area contributed by atoms with Crippen LogP contribution in [0.15, 0.2) is 6.20 Å². The Morgan fingerprint density at radius 1 is 1.53 bits per heavy atom. The minimum Gasteiger partial charge on any atom is -0.293 e. The van der Waals surface area contributed by atoms with Crippen molar-refractivity contribution in [1.29, 1.82) is 0 Å². The fourth-order valence-corrected chi connectivity index (χ4v) is 2.36. The van der Waals surface area contributed by atoms with Gasteiger partial charge in [0.15, 0.2) is 5.78 Å². The summed E-state index contributed by atoms with van der Waals surface area (Å²) in [6, 6.07) is 0. The zero-order valence-electron chi connectivity index (χ0n) is 8.34. The standard InChI is InChI=1S/C8H12N2O3S2/c1-2-15(12,13)5-3-4-7(11)8-6-9-10-14-8/h6H,2-5H2,1H3. The van der Waals surface area contributed by atoms with Crippen LogP contribution in [-0.2, 0) is 9.84 Å². The lowest BCUT2D eigenvalue weighted by Gasteiger charge is -1.99. The Morgan fingerprint density at radius 3 is 2.80 bits per heavy atom. The Hall–Kier alpha value is -0.820. The van der Waals surface area contributed by atoms with Gasteiger partial charge in [0, 0.05) is 12.2 Å². The molecule has 0 spiro atoms. The van der Waals surface area contributed by atoms with Gasteiger partial charge in [-0.2, -0.15) is 0 Å². The summed E-state index contributed by atoms with van der Waals surface area (Å²) in [6.45, 7) is 1.60. The van der Waals surface area contributed by atoms with Crippen molar-refractivity contribution in [2.45, 2.75) is 19.8 Å². The van der Waals surface area contributed by atoms with Crippen molar-refractivity contribution in [1.82, 2.24) is 9.59 Å². The van der Waals surface area contributed by atoms with E-state index in [1.807, 2.05) is 0 Å². The van der Waals surface area contributed by atoms with Crippen LogP contribution in [0.4, 0.5) is 0 Å². The van der Waals surface area contributed by atoms with E-state index in [1.54, 1.807) is 6.92 Å². The maximum Gasteiger partial charge on any atom is 0.176 e. The fourth-order valence-electron chi connectivity index (χ4n) is 1.01. The Kier molecular flexibility index (Phi) is 4.34. The monoisotopic (exact) mass is 248 g/mol. The molecule has 0 radical (unpaired) electrons. The highest BCUT2D eigenvalue weighted by molar-refractivity contribution is 7.91. The molecule has 1 aromatic rings. The number of rotatable bonds is 6. The molecule has 0 unspecified atom stereocenters. The van der Waals surface area contributed by atoms with E-state index in [4.69, 9.17) is 0 Å². The maximum atomic E-state index is 11.4. The molecule has 0 bridgehead atoms. The van der Waals surface area contributed by atoms with Crippen LogP contribution in [-0.4, -0.2) is 35.3 Å². The summed E-state index contributed by atoms with van der Waals surface area (Å²) in [5.74, 6) is 0.112. The number of carbonyl (C=O) groups is 1. The molecule has 0 aliphatic heterocycles. The molecular formula is C8H12N2O3S2. The number of nitrogens with zero attached hydrogens (tertiary/aromatic N) is 2. The molecule has 0 aromatic carbocycles. The molecule has 0 aliphatic rings. The number of Topliss-reactive ketones (excluding diaryl/α,β-unsaturated/α-hetero) is 1. The van der Waals surface area contributed by atoms with Crippen LogP contribution in [0, 0.1) is 0 Å². The molecule has 0 N–H and O–H groups in total. The number of hydrogen-bond acceptors (Lipinski definition) is 6. The van der Waals surface area contributed by atoms with E-state index in [9.17, 15) is 13.2 Å². The molecule has 0 saturated heterocycles. The zero-order chi connectivity index (χ0) is 11.3. The van der Waals surface area contributed by atoms with Crippen molar-refractivity contribution in [3.63, 3.8) is 0 Å². The molecule has 0 fully saturated rings. The van der Waals surface area contributed by atoms with Crippen LogP contribution >= 0.6 is 11.5 Å². The van der Waals surface area contributed by atoms with Crippen LogP contribution < -0.4 is 0 Å². The average molecular weight is 248 g/mol. The molecule has 1 aromatic heterocycles. The van der Waals surface area contributed by atoms with E-state index in [0.717, 1.165) is 11.5 Å². The number of carbonyl (C=O) groups excluding carboxylic acids is 1. The molecular weight excluding hydrogens is 236 g/mol. The van der Waals surface area contributed by atoms with Gasteiger partial charge in [0.1, 0.15) is 14.7 Å². The quantitative estimate of drug-likeness (QED) is 0.700. The number of ketones is 1. The van der Waals surface area contributed by atoms with Gasteiger partial charge in [-0.05, 0) is 18.0 Å². The predicted octanol–water partition coefficient (Wildman–Crippen LogP) is 0.936. The summed E-state index contributed by atoms with van der Waals surface area (Å²) in [5, 5.41) is 3.55. The SMILES string of the molecule is CCS(=O)(=O)CCCC(=O)c1cnns1. The van der Waals surface area contributed by atoms with Gasteiger partial charge < -0.3 is 0 Å². The third-order valence-corrected chi connectivity index (χ3v) is 4.43. The van der Waals surface area contributed by atoms with Crippen LogP contribution in [0.2, 0.25) is 0 Å². The van der Waals surface area contributed by atoms with Gasteiger partial charge in [0.05, 0.1) is 11.9 Å². The first-order chi connectivity index (χ1) is 7.05. The molecule has 0 atom stereocenters. The summed E-state index contributed by atoms with van der Waals surface area (Å²) in [5.41, 5.74) is 0. The zero-order valence-corrected chi connectivity index (χ0v) is 9.97. The van der Waals surface area contributed by atoms with Gasteiger partial charge in [-0.15, -0.1) is 5.10 Å². The van der Waals surface area contributed by atoms with Gasteiger partial charge >= 0.3 is 0 Å². The normalized spacial score (nSPS) is 11.5. The Labute approximate surface area is 92.6 Å². The minimum atomic E-state index is -2.96. The van der Waals surface area contributed by atoms with E-state index >= 15 is 0 Å². The maximum absolute atomic E-state index is 11.4. The summed E-state index contributed by atoms with van der Waals surface area (Å²) in [4.78, 5) is 11.9. The highest BCUT2D eigenvalue weighted by Gasteiger charge is 2.11. The predicted molar refractivity (Wildman–Crippen MR) is 57.8 cm³/mol. The second-order valence-electron chi connectivity index (χ2n) is 3.04. The van der Waals surface area contributed by atoms with Gasteiger partial charge in [-0.3, -0.25) is 4.79 Å². The lowest BCUT2D eigenvalue weighted by Crippen LogP contribution is -2.10. The number of aromatic nitrogens is 2. The highest BCUT2D eigenvalue weighted by Crippen LogP contribution is 2.08. The summed E-state index contributed by atoms with van der Waals surface area (Å²) in [6.07, 6.45) is 2.01. The van der Waals surface area contributed by atoms with Crippen molar-refractivity contribution < 1.29 is 13.2 Å². The summed E-state index contributed by atoms with van der Waals surface area (Å²) in [7, 11) is -2.96. The van der Waals surface area contributed by atoms with Crippen molar-refractivity contribution in [2.75, 3.05) is 11.5 Å². The van der Waals surface area contributed by atoms with Gasteiger partial charge in [0.25, 0.3) is 0 Å². The first-order valence-corrected chi connectivity index (χ1v) is 7.15. The smallest absolute Gasteiger partial charge is 0.176 e. The number of sulfone groups is 1. The van der Waals surface area contributed by atoms with E-state index in [2.05, 4.69) is 9.59 Å². The topological polar surface area (TPSA) is 77.0 Å². The van der Waals surface area contributed by atoms with Crippen LogP contribution in [0.3, 0.4) is 0 Å². The highest BCUT2D eigenvalue weighted by atomic mass is 32.2. The van der Waals surface area contributed by atoms with Gasteiger partial charge in [-0.25, -0.2) is 8.42 Å². The Morgan fingerprint density at radius 2 is 2.27 bits per heavy atom. The van der Waals surface area contributed by atoms with Crippen LogP contribution in [0.1, 0.15) is 29.4 Å². The summed E-state index contributed by atoms with van der Waals surface area (Å²) >= 11 is 1.03. The van der Waals surface area contributed by atoms with Crippen LogP contribution in [0.5, 0.6) is 0 Å². The molecule has 1 heterocycles. The first-order valence-electron chi connectivity index (χ1n) is 4.56. The van der Waals surface area contributed by atoms with E-state index in [-0.39, 0.29) is 23.7 Å². The van der Waals surface area contributed by atoms with Crippen molar-refractivity contribution in [3.8, 4) is 0 Å². The average Bonchev–Trinajstić information content (AvgIpc) is 2.70.